The van der Waals surface area contributed by atoms with Crippen LogP contribution in [0, 0.1) is 5.82 Å². The van der Waals surface area contributed by atoms with Crippen molar-refractivity contribution >= 4 is 17.3 Å². The van der Waals surface area contributed by atoms with E-state index in [2.05, 4.69) is 4.90 Å². The summed E-state index contributed by atoms with van der Waals surface area (Å²) in [7, 11) is 1.72. The molecule has 2 nitrogen and oxygen atoms in total. The lowest BCUT2D eigenvalue weighted by Crippen LogP contribution is -2.39. The van der Waals surface area contributed by atoms with Gasteiger partial charge in [0, 0.05) is 31.5 Å². The third-order valence-electron chi connectivity index (χ3n) is 3.28. The van der Waals surface area contributed by atoms with E-state index in [4.69, 9.17) is 16.3 Å². The standard InChI is InChI=1S/C13H17ClFNO/c1-17-10-4-3-7-16(9-10)13-6-2-5-12(15)11(13)8-14/h2,5-6,10H,3-4,7-9H2,1H3. The second kappa shape index (κ2) is 5.69. The van der Waals surface area contributed by atoms with Crippen molar-refractivity contribution < 1.29 is 9.13 Å². The molecule has 0 saturated carbocycles. The first kappa shape index (κ1) is 12.7. The molecule has 0 bridgehead atoms. The van der Waals surface area contributed by atoms with Gasteiger partial charge in [-0.3, -0.25) is 0 Å². The number of ether oxygens (including phenoxy) is 1. The molecule has 0 N–H and O–H groups in total. The second-order valence-corrected chi connectivity index (χ2v) is 4.58. The van der Waals surface area contributed by atoms with Crippen LogP contribution in [0.1, 0.15) is 18.4 Å². The number of nitrogens with zero attached hydrogens (tertiary/aromatic N) is 1. The molecule has 1 aliphatic heterocycles. The van der Waals surface area contributed by atoms with Crippen LogP contribution in [-0.2, 0) is 10.6 Å². The van der Waals surface area contributed by atoms with E-state index < -0.39 is 0 Å². The first-order chi connectivity index (χ1) is 8.26. The van der Waals surface area contributed by atoms with E-state index in [0.717, 1.165) is 31.6 Å². The molecule has 1 aromatic carbocycles. The van der Waals surface area contributed by atoms with Crippen molar-refractivity contribution in [3.05, 3.63) is 29.6 Å². The van der Waals surface area contributed by atoms with Crippen LogP contribution in [0.2, 0.25) is 0 Å². The Bertz CT molecular complexity index is 386. The number of halogens is 2. The van der Waals surface area contributed by atoms with Crippen LogP contribution in [0.5, 0.6) is 0 Å². The Hall–Kier alpha value is -0.800. The third kappa shape index (κ3) is 2.72. The topological polar surface area (TPSA) is 12.5 Å². The molecule has 1 atom stereocenters. The summed E-state index contributed by atoms with van der Waals surface area (Å²) in [6, 6.07) is 5.12. The van der Waals surface area contributed by atoms with E-state index in [1.165, 1.54) is 6.07 Å². The Morgan fingerprint density at radius 2 is 2.35 bits per heavy atom. The van der Waals surface area contributed by atoms with Crippen LogP contribution in [-0.4, -0.2) is 26.3 Å². The SMILES string of the molecule is COC1CCCN(c2cccc(F)c2CCl)C1. The lowest BCUT2D eigenvalue weighted by atomic mass is 10.1. The van der Waals surface area contributed by atoms with E-state index >= 15 is 0 Å². The number of rotatable bonds is 3. The maximum atomic E-state index is 13.6. The molecule has 1 unspecified atom stereocenters. The minimum absolute atomic E-state index is 0.205. The molecule has 0 amide bonds. The normalized spacial score (nSPS) is 20.6. The van der Waals surface area contributed by atoms with Crippen LogP contribution < -0.4 is 4.90 Å². The molecule has 0 aromatic heterocycles. The number of piperidine rings is 1. The lowest BCUT2D eigenvalue weighted by molar-refractivity contribution is 0.0893. The average Bonchev–Trinajstić information content (AvgIpc) is 2.38. The zero-order valence-electron chi connectivity index (χ0n) is 9.96. The van der Waals surface area contributed by atoms with Crippen molar-refractivity contribution in [3.63, 3.8) is 0 Å². The molecule has 1 aliphatic rings. The smallest absolute Gasteiger partial charge is 0.129 e. The molecule has 1 fully saturated rings. The maximum absolute atomic E-state index is 13.6. The van der Waals surface area contributed by atoms with E-state index in [1.54, 1.807) is 13.2 Å². The second-order valence-electron chi connectivity index (χ2n) is 4.32. The molecule has 0 radical (unpaired) electrons. The van der Waals surface area contributed by atoms with Gasteiger partial charge in [-0.05, 0) is 25.0 Å². The van der Waals surface area contributed by atoms with Gasteiger partial charge in [-0.2, -0.15) is 0 Å². The van der Waals surface area contributed by atoms with Gasteiger partial charge in [-0.25, -0.2) is 4.39 Å². The van der Waals surface area contributed by atoms with E-state index in [1.807, 2.05) is 6.07 Å². The molecular weight excluding hydrogens is 241 g/mol. The van der Waals surface area contributed by atoms with E-state index in [9.17, 15) is 4.39 Å². The third-order valence-corrected chi connectivity index (χ3v) is 3.55. The van der Waals surface area contributed by atoms with Crippen LogP contribution in [0.4, 0.5) is 10.1 Å². The Kier molecular flexibility index (Phi) is 4.24. The summed E-state index contributed by atoms with van der Waals surface area (Å²) in [5.41, 5.74) is 1.49. The Balaban J connectivity index is 2.24. The Morgan fingerprint density at radius 3 is 3.06 bits per heavy atom. The Morgan fingerprint density at radius 1 is 1.53 bits per heavy atom. The summed E-state index contributed by atoms with van der Waals surface area (Å²) in [4.78, 5) is 2.17. The lowest BCUT2D eigenvalue weighted by Gasteiger charge is -2.34. The van der Waals surface area contributed by atoms with Gasteiger partial charge in [0.05, 0.1) is 12.0 Å². The highest BCUT2D eigenvalue weighted by Crippen LogP contribution is 2.28. The molecule has 2 rings (SSSR count). The molecule has 17 heavy (non-hydrogen) atoms. The van der Waals surface area contributed by atoms with Gasteiger partial charge in [0.2, 0.25) is 0 Å². The van der Waals surface area contributed by atoms with Crippen molar-refractivity contribution in [1.29, 1.82) is 0 Å². The number of anilines is 1. The highest BCUT2D eigenvalue weighted by molar-refractivity contribution is 6.17. The summed E-state index contributed by atoms with van der Waals surface area (Å²) >= 11 is 5.83. The van der Waals surface area contributed by atoms with Crippen LogP contribution >= 0.6 is 11.6 Å². The quantitative estimate of drug-likeness (QED) is 0.771. The first-order valence-corrected chi connectivity index (χ1v) is 6.40. The fraction of sp³-hybridized carbons (Fsp3) is 0.538. The summed E-state index contributed by atoms with van der Waals surface area (Å²) in [6.45, 7) is 1.75. The zero-order chi connectivity index (χ0) is 12.3. The van der Waals surface area contributed by atoms with Crippen LogP contribution in [0.3, 0.4) is 0 Å². The largest absolute Gasteiger partial charge is 0.380 e. The average molecular weight is 258 g/mol. The van der Waals surface area contributed by atoms with Crippen molar-refractivity contribution in [2.45, 2.75) is 24.8 Å². The maximum Gasteiger partial charge on any atom is 0.129 e. The molecule has 1 aromatic rings. The van der Waals surface area contributed by atoms with Crippen molar-refractivity contribution in [1.82, 2.24) is 0 Å². The highest BCUT2D eigenvalue weighted by Gasteiger charge is 2.22. The minimum Gasteiger partial charge on any atom is -0.380 e. The predicted octanol–water partition coefficient (Wildman–Crippen LogP) is 3.18. The molecule has 0 spiro atoms. The van der Waals surface area contributed by atoms with Crippen LogP contribution in [0.15, 0.2) is 18.2 Å². The molecular formula is C13H17ClFNO. The predicted molar refractivity (Wildman–Crippen MR) is 68.2 cm³/mol. The molecule has 0 aliphatic carbocycles. The fourth-order valence-corrected chi connectivity index (χ4v) is 2.59. The number of alkyl halides is 1. The molecule has 1 saturated heterocycles. The van der Waals surface area contributed by atoms with E-state index in [-0.39, 0.29) is 17.8 Å². The zero-order valence-corrected chi connectivity index (χ0v) is 10.7. The van der Waals surface area contributed by atoms with Gasteiger partial charge in [-0.15, -0.1) is 11.6 Å². The number of methoxy groups -OCH3 is 1. The number of hydrogen-bond acceptors (Lipinski definition) is 2. The molecule has 1 heterocycles. The van der Waals surface area contributed by atoms with Gasteiger partial charge in [0.1, 0.15) is 5.82 Å². The molecule has 94 valence electrons. The first-order valence-electron chi connectivity index (χ1n) is 5.87. The van der Waals surface area contributed by atoms with Gasteiger partial charge in [0.15, 0.2) is 0 Å². The summed E-state index contributed by atoms with van der Waals surface area (Å²) in [5.74, 6) is -0.0204. The van der Waals surface area contributed by atoms with Gasteiger partial charge < -0.3 is 9.64 Å². The number of benzene rings is 1. The van der Waals surface area contributed by atoms with Gasteiger partial charge in [-0.1, -0.05) is 6.07 Å². The van der Waals surface area contributed by atoms with E-state index in [0.29, 0.717) is 5.56 Å². The van der Waals surface area contributed by atoms with Crippen molar-refractivity contribution in [3.8, 4) is 0 Å². The highest BCUT2D eigenvalue weighted by atomic mass is 35.5. The number of hydrogen-bond donors (Lipinski definition) is 0. The minimum atomic E-state index is -0.225. The fourth-order valence-electron chi connectivity index (χ4n) is 2.33. The van der Waals surface area contributed by atoms with Crippen molar-refractivity contribution in [2.75, 3.05) is 25.1 Å². The summed E-state index contributed by atoms with van der Waals surface area (Å²) in [6.07, 6.45) is 2.37. The summed E-state index contributed by atoms with van der Waals surface area (Å²) < 4.78 is 19.0. The Labute approximate surface area is 106 Å². The van der Waals surface area contributed by atoms with Gasteiger partial charge >= 0.3 is 0 Å². The van der Waals surface area contributed by atoms with Gasteiger partial charge in [0.25, 0.3) is 0 Å². The molecule has 4 heteroatoms. The monoisotopic (exact) mass is 257 g/mol. The van der Waals surface area contributed by atoms with Crippen LogP contribution in [0.25, 0.3) is 0 Å². The van der Waals surface area contributed by atoms with Crippen molar-refractivity contribution in [2.24, 2.45) is 0 Å². The summed E-state index contributed by atoms with van der Waals surface area (Å²) in [5, 5.41) is 0.